The van der Waals surface area contributed by atoms with Gasteiger partial charge in [0.2, 0.25) is 10.0 Å². The van der Waals surface area contributed by atoms with Crippen LogP contribution in [0.5, 0.6) is 0 Å². The Morgan fingerprint density at radius 3 is 2.17 bits per heavy atom. The highest BCUT2D eigenvalue weighted by Crippen LogP contribution is 2.23. The third kappa shape index (κ3) is 5.50. The minimum absolute atomic E-state index is 0.0643. The summed E-state index contributed by atoms with van der Waals surface area (Å²) in [6.45, 7) is 0.296. The van der Waals surface area contributed by atoms with Crippen molar-refractivity contribution in [2.75, 3.05) is 19.7 Å². The molecule has 3 rings (SSSR count). The van der Waals surface area contributed by atoms with Crippen molar-refractivity contribution in [3.8, 4) is 0 Å². The number of hydrogen-bond acceptors (Lipinski definition) is 5. The third-order valence-corrected chi connectivity index (χ3v) is 6.78. The molecule has 0 aromatic heterocycles. The first kappa shape index (κ1) is 22.5. The number of nitrogens with zero attached hydrogens (tertiary/aromatic N) is 1. The number of hydrogen-bond donors (Lipinski definition) is 2. The Hall–Kier alpha value is -2.17. The van der Waals surface area contributed by atoms with E-state index in [1.807, 2.05) is 0 Å². The molecule has 0 radical (unpaired) electrons. The lowest BCUT2D eigenvalue weighted by molar-refractivity contribution is -0.139. The van der Waals surface area contributed by atoms with Crippen molar-refractivity contribution < 1.29 is 22.7 Å². The zero-order chi connectivity index (χ0) is 21.7. The molecule has 160 valence electrons. The quantitative estimate of drug-likeness (QED) is 0.624. The van der Waals surface area contributed by atoms with Crippen LogP contribution in [0.2, 0.25) is 10.0 Å². The lowest BCUT2D eigenvalue weighted by atomic mass is 10.2. The van der Waals surface area contributed by atoms with Crippen LogP contribution in [0.1, 0.15) is 5.56 Å². The zero-order valence-corrected chi connectivity index (χ0v) is 18.0. The molecule has 2 aromatic rings. The second kappa shape index (κ2) is 9.76. The summed E-state index contributed by atoms with van der Waals surface area (Å²) in [5.74, 6) is -1.72. The van der Waals surface area contributed by atoms with Gasteiger partial charge in [-0.15, -0.1) is 0 Å². The van der Waals surface area contributed by atoms with Gasteiger partial charge in [0.05, 0.1) is 18.0 Å². The zero-order valence-electron chi connectivity index (χ0n) is 15.7. The Morgan fingerprint density at radius 1 is 0.967 bits per heavy atom. The van der Waals surface area contributed by atoms with Gasteiger partial charge in [0, 0.05) is 23.1 Å². The molecule has 0 bridgehead atoms. The average Bonchev–Trinajstić information content (AvgIpc) is 3.21. The molecule has 1 heterocycles. The molecule has 2 N–H and O–H groups in total. The van der Waals surface area contributed by atoms with E-state index in [1.165, 1.54) is 24.3 Å². The summed E-state index contributed by atoms with van der Waals surface area (Å²) in [5, 5.41) is 5.88. The van der Waals surface area contributed by atoms with Crippen molar-refractivity contribution in [3.63, 3.8) is 0 Å². The number of nitrogens with one attached hydrogen (secondary N) is 2. The number of sulfonamides is 1. The van der Waals surface area contributed by atoms with Crippen LogP contribution in [0.3, 0.4) is 0 Å². The summed E-state index contributed by atoms with van der Waals surface area (Å²) < 4.78 is 32.2. The lowest BCUT2D eigenvalue weighted by Crippen LogP contribution is -2.47. The van der Waals surface area contributed by atoms with Crippen LogP contribution in [0.4, 0.5) is 0 Å². The largest absolute Gasteiger partial charge is 0.359 e. The van der Waals surface area contributed by atoms with Crippen molar-refractivity contribution in [1.82, 2.24) is 14.9 Å². The molecule has 11 heteroatoms. The van der Waals surface area contributed by atoms with Crippen molar-refractivity contribution in [3.05, 3.63) is 64.1 Å². The predicted octanol–water partition coefficient (Wildman–Crippen LogP) is 1.77. The second-order valence-electron chi connectivity index (χ2n) is 6.41. The van der Waals surface area contributed by atoms with Gasteiger partial charge in [-0.25, -0.2) is 8.42 Å². The lowest BCUT2D eigenvalue weighted by Gasteiger charge is -2.22. The first-order valence-electron chi connectivity index (χ1n) is 8.97. The van der Waals surface area contributed by atoms with Crippen LogP contribution in [-0.4, -0.2) is 50.5 Å². The predicted molar refractivity (Wildman–Crippen MR) is 111 cm³/mol. The maximum absolute atomic E-state index is 12.8. The summed E-state index contributed by atoms with van der Waals surface area (Å²) in [6, 6.07) is 12.6. The summed E-state index contributed by atoms with van der Waals surface area (Å²) in [5.41, 5.74) is 0.778. The summed E-state index contributed by atoms with van der Waals surface area (Å²) in [6.07, 6.45) is -0.918. The SMILES string of the molecule is O=C(NCc1ccc(Cl)cc1)C(=O)NC[C@@H]1OCCN1S(=O)(=O)c1ccc(Cl)cc1. The fourth-order valence-corrected chi connectivity index (χ4v) is 4.57. The van der Waals surface area contributed by atoms with E-state index in [2.05, 4.69) is 10.6 Å². The monoisotopic (exact) mass is 471 g/mol. The molecule has 1 saturated heterocycles. The molecule has 1 atom stereocenters. The van der Waals surface area contributed by atoms with E-state index in [4.69, 9.17) is 27.9 Å². The highest BCUT2D eigenvalue weighted by atomic mass is 35.5. The van der Waals surface area contributed by atoms with Gasteiger partial charge < -0.3 is 15.4 Å². The Labute approximate surface area is 184 Å². The number of halogens is 2. The minimum atomic E-state index is -3.84. The molecule has 2 amide bonds. The standard InChI is InChI=1S/C19H19Cl2N3O5S/c20-14-3-1-13(2-4-14)11-22-18(25)19(26)23-12-17-24(9-10-29-17)30(27,28)16-7-5-15(21)6-8-16/h1-8,17H,9-12H2,(H,22,25)(H,23,26)/t17-/m0/s1. The number of ether oxygens (including phenoxy) is 1. The van der Waals surface area contributed by atoms with Crippen LogP contribution < -0.4 is 10.6 Å². The molecule has 8 nitrogen and oxygen atoms in total. The molecule has 1 fully saturated rings. The van der Waals surface area contributed by atoms with Crippen LogP contribution in [-0.2, 0) is 30.9 Å². The van der Waals surface area contributed by atoms with E-state index in [9.17, 15) is 18.0 Å². The maximum Gasteiger partial charge on any atom is 0.309 e. The van der Waals surface area contributed by atoms with Gasteiger partial charge in [0.1, 0.15) is 6.23 Å². The van der Waals surface area contributed by atoms with Crippen molar-refractivity contribution in [2.24, 2.45) is 0 Å². The highest BCUT2D eigenvalue weighted by Gasteiger charge is 2.36. The topological polar surface area (TPSA) is 105 Å². The van der Waals surface area contributed by atoms with E-state index < -0.39 is 28.1 Å². The molecule has 0 saturated carbocycles. The van der Waals surface area contributed by atoms with Crippen LogP contribution >= 0.6 is 23.2 Å². The van der Waals surface area contributed by atoms with E-state index in [1.54, 1.807) is 24.3 Å². The first-order chi connectivity index (χ1) is 14.3. The Kier molecular flexibility index (Phi) is 7.32. The van der Waals surface area contributed by atoms with Gasteiger partial charge >= 0.3 is 11.8 Å². The normalized spacial score (nSPS) is 16.9. The average molecular weight is 472 g/mol. The smallest absolute Gasteiger partial charge is 0.309 e. The molecule has 0 aliphatic carbocycles. The van der Waals surface area contributed by atoms with Crippen molar-refractivity contribution in [2.45, 2.75) is 17.7 Å². The van der Waals surface area contributed by atoms with E-state index in [0.29, 0.717) is 10.0 Å². The number of rotatable bonds is 6. The number of benzene rings is 2. The molecule has 2 aromatic carbocycles. The Balaban J connectivity index is 1.54. The van der Waals surface area contributed by atoms with Gasteiger partial charge in [-0.2, -0.15) is 4.31 Å². The second-order valence-corrected chi connectivity index (χ2v) is 9.18. The van der Waals surface area contributed by atoms with Crippen LogP contribution in [0.25, 0.3) is 0 Å². The Morgan fingerprint density at radius 2 is 1.53 bits per heavy atom. The first-order valence-corrected chi connectivity index (χ1v) is 11.2. The number of carbonyl (C=O) groups is 2. The van der Waals surface area contributed by atoms with E-state index in [0.717, 1.165) is 9.87 Å². The molecule has 0 spiro atoms. The molecule has 0 unspecified atom stereocenters. The van der Waals surface area contributed by atoms with Gasteiger partial charge in [-0.05, 0) is 42.0 Å². The minimum Gasteiger partial charge on any atom is -0.359 e. The summed E-state index contributed by atoms with van der Waals surface area (Å²) >= 11 is 11.6. The van der Waals surface area contributed by atoms with Crippen LogP contribution in [0.15, 0.2) is 53.4 Å². The van der Waals surface area contributed by atoms with Gasteiger partial charge in [-0.1, -0.05) is 35.3 Å². The summed E-state index contributed by atoms with van der Waals surface area (Å²) in [4.78, 5) is 24.1. The number of carbonyl (C=O) groups excluding carboxylic acids is 2. The highest BCUT2D eigenvalue weighted by molar-refractivity contribution is 7.89. The van der Waals surface area contributed by atoms with Gasteiger partial charge in [0.15, 0.2) is 0 Å². The molecular weight excluding hydrogens is 453 g/mol. The third-order valence-electron chi connectivity index (χ3n) is 4.37. The molecule has 1 aliphatic rings. The molecular formula is C19H19Cl2N3O5S. The van der Waals surface area contributed by atoms with Gasteiger partial charge in [0.25, 0.3) is 0 Å². The fourth-order valence-electron chi connectivity index (χ4n) is 2.81. The fraction of sp³-hybridized carbons (Fsp3) is 0.263. The molecule has 30 heavy (non-hydrogen) atoms. The maximum atomic E-state index is 12.8. The van der Waals surface area contributed by atoms with Crippen LogP contribution in [0, 0.1) is 0 Å². The van der Waals surface area contributed by atoms with Gasteiger partial charge in [-0.3, -0.25) is 9.59 Å². The molecule has 1 aliphatic heterocycles. The van der Waals surface area contributed by atoms with Crippen molar-refractivity contribution in [1.29, 1.82) is 0 Å². The number of amides is 2. The van der Waals surface area contributed by atoms with E-state index in [-0.39, 0.29) is 31.1 Å². The summed E-state index contributed by atoms with van der Waals surface area (Å²) in [7, 11) is -3.84. The van der Waals surface area contributed by atoms with E-state index >= 15 is 0 Å². The van der Waals surface area contributed by atoms with Crippen molar-refractivity contribution >= 4 is 45.0 Å². The Bertz CT molecular complexity index is 1010.